The van der Waals surface area contributed by atoms with Crippen molar-refractivity contribution in [3.8, 4) is 0 Å². The van der Waals surface area contributed by atoms with Gasteiger partial charge in [-0.05, 0) is 56.7 Å². The summed E-state index contributed by atoms with van der Waals surface area (Å²) in [6.07, 6.45) is -1.35. The van der Waals surface area contributed by atoms with Crippen LogP contribution in [0.4, 0.5) is 8.78 Å². The minimum absolute atomic E-state index is 0.193. The molecule has 1 amide bonds. The number of carbonyl (C=O) groups excluding carboxylic acids is 1. The van der Waals surface area contributed by atoms with E-state index in [1.54, 1.807) is 6.07 Å². The van der Waals surface area contributed by atoms with Crippen molar-refractivity contribution in [2.24, 2.45) is 10.9 Å². The molecule has 25 heavy (non-hydrogen) atoms. The van der Waals surface area contributed by atoms with Gasteiger partial charge < -0.3 is 10.8 Å². The fourth-order valence-corrected chi connectivity index (χ4v) is 3.36. The second kappa shape index (κ2) is 8.68. The maximum absolute atomic E-state index is 13.9. The lowest BCUT2D eigenvalue weighted by atomic mass is 9.97. The average molecular weight is 378 g/mol. The molecule has 9 heteroatoms. The number of primary sulfonamides is 1. The van der Waals surface area contributed by atoms with E-state index in [1.807, 2.05) is 0 Å². The summed E-state index contributed by atoms with van der Waals surface area (Å²) < 4.78 is 50.3. The van der Waals surface area contributed by atoms with Gasteiger partial charge in [-0.3, -0.25) is 4.79 Å². The topological polar surface area (TPSA) is 123 Å². The smallest absolute Gasteiger partial charge is 0.254 e. The molecular weight excluding hydrogens is 354 g/mol. The first-order chi connectivity index (χ1) is 11.4. The van der Waals surface area contributed by atoms with Crippen LogP contribution in [0.15, 0.2) is 24.3 Å². The van der Waals surface area contributed by atoms with E-state index in [4.69, 9.17) is 10.9 Å². The van der Waals surface area contributed by atoms with Gasteiger partial charge >= 0.3 is 0 Å². The van der Waals surface area contributed by atoms with Gasteiger partial charge in [0.15, 0.2) is 5.67 Å². The molecule has 1 aromatic carbocycles. The van der Waals surface area contributed by atoms with Gasteiger partial charge in [0.2, 0.25) is 10.0 Å². The zero-order chi connectivity index (χ0) is 19.3. The molecule has 0 saturated heterocycles. The molecule has 6 nitrogen and oxygen atoms in total. The molecule has 5 N–H and O–H groups in total. The van der Waals surface area contributed by atoms with E-state index in [0.29, 0.717) is 12.0 Å². The van der Waals surface area contributed by atoms with Crippen LogP contribution in [0.2, 0.25) is 0 Å². The number of benzene rings is 1. The number of rotatable bonds is 10. The van der Waals surface area contributed by atoms with Gasteiger partial charge in [0.05, 0.1) is 11.4 Å². The summed E-state index contributed by atoms with van der Waals surface area (Å²) in [5, 5.41) is 14.0. The number of alkyl halides is 1. The summed E-state index contributed by atoms with van der Waals surface area (Å²) in [6, 6.07) is 5.85. The highest BCUT2D eigenvalue weighted by Gasteiger charge is 2.34. The Morgan fingerprint density at radius 2 is 2.00 bits per heavy atom. The largest absolute Gasteiger partial charge is 0.393 e. The molecule has 0 saturated carbocycles. The van der Waals surface area contributed by atoms with Crippen molar-refractivity contribution in [3.63, 3.8) is 0 Å². The number of amides is 1. The molecule has 3 atom stereocenters. The molecule has 1 aromatic rings. The number of carbonyl (C=O) groups is 1. The fourth-order valence-electron chi connectivity index (χ4n) is 2.42. The molecule has 0 heterocycles. The SMILES string of the molecule is CC(F)(CC[C@H](C[C@@H](O)CCc1cccc(F)c1)S(N)(=O)=O)C(N)=O. The highest BCUT2D eigenvalue weighted by molar-refractivity contribution is 7.89. The van der Waals surface area contributed by atoms with Crippen molar-refractivity contribution in [2.75, 3.05) is 0 Å². The van der Waals surface area contributed by atoms with E-state index in [9.17, 15) is 27.1 Å². The van der Waals surface area contributed by atoms with Crippen LogP contribution in [0, 0.1) is 5.82 Å². The summed E-state index contributed by atoms with van der Waals surface area (Å²) >= 11 is 0. The van der Waals surface area contributed by atoms with Crippen LogP contribution in [0.5, 0.6) is 0 Å². The van der Waals surface area contributed by atoms with Crippen LogP contribution in [0.1, 0.15) is 38.2 Å². The number of aliphatic hydroxyl groups is 1. The summed E-state index contributed by atoms with van der Waals surface area (Å²) in [7, 11) is -4.04. The van der Waals surface area contributed by atoms with Gasteiger partial charge in [-0.25, -0.2) is 22.3 Å². The number of primary amides is 1. The fraction of sp³-hybridized carbons (Fsp3) is 0.562. The van der Waals surface area contributed by atoms with Crippen LogP contribution in [-0.4, -0.2) is 36.5 Å². The van der Waals surface area contributed by atoms with E-state index in [2.05, 4.69) is 0 Å². The highest BCUT2D eigenvalue weighted by atomic mass is 32.2. The summed E-state index contributed by atoms with van der Waals surface area (Å²) in [4.78, 5) is 11.0. The average Bonchev–Trinajstić information content (AvgIpc) is 2.48. The maximum Gasteiger partial charge on any atom is 0.254 e. The molecule has 142 valence electrons. The first-order valence-electron chi connectivity index (χ1n) is 7.85. The quantitative estimate of drug-likeness (QED) is 0.565. The zero-order valence-electron chi connectivity index (χ0n) is 14.0. The predicted molar refractivity (Wildman–Crippen MR) is 90.2 cm³/mol. The Hall–Kier alpha value is -1.58. The molecule has 0 bridgehead atoms. The third kappa shape index (κ3) is 7.45. The first-order valence-corrected chi connectivity index (χ1v) is 9.45. The Balaban J connectivity index is 2.64. The Morgan fingerprint density at radius 1 is 1.36 bits per heavy atom. The molecule has 0 fully saturated rings. The van der Waals surface area contributed by atoms with E-state index >= 15 is 0 Å². The van der Waals surface area contributed by atoms with Gasteiger partial charge in [-0.15, -0.1) is 0 Å². The zero-order valence-corrected chi connectivity index (χ0v) is 14.8. The lowest BCUT2D eigenvalue weighted by molar-refractivity contribution is -0.128. The minimum atomic E-state index is -4.04. The lowest BCUT2D eigenvalue weighted by Gasteiger charge is -2.22. The number of aryl methyl sites for hydroxylation is 1. The molecule has 0 aromatic heterocycles. The van der Waals surface area contributed by atoms with E-state index < -0.39 is 45.2 Å². The lowest BCUT2D eigenvalue weighted by Crippen LogP contribution is -2.39. The van der Waals surface area contributed by atoms with E-state index in [0.717, 1.165) is 6.92 Å². The number of hydrogen-bond donors (Lipinski definition) is 3. The normalized spacial score (nSPS) is 16.8. The Kier molecular flexibility index (Phi) is 7.45. The van der Waals surface area contributed by atoms with Gasteiger partial charge in [0.1, 0.15) is 5.82 Å². The first kappa shape index (κ1) is 21.5. The molecule has 0 aliphatic carbocycles. The molecule has 1 unspecified atom stereocenters. The van der Waals surface area contributed by atoms with Crippen molar-refractivity contribution >= 4 is 15.9 Å². The molecule has 0 radical (unpaired) electrons. The second-order valence-corrected chi connectivity index (χ2v) is 8.21. The Bertz CT molecular complexity index is 695. The van der Waals surface area contributed by atoms with E-state index in [-0.39, 0.29) is 19.3 Å². The number of nitrogens with two attached hydrogens (primary N) is 2. The second-order valence-electron chi connectivity index (χ2n) is 6.37. The van der Waals surface area contributed by atoms with Crippen LogP contribution < -0.4 is 10.9 Å². The number of aliphatic hydroxyl groups excluding tert-OH is 1. The monoisotopic (exact) mass is 378 g/mol. The van der Waals surface area contributed by atoms with Crippen LogP contribution >= 0.6 is 0 Å². The van der Waals surface area contributed by atoms with Crippen LogP contribution in [0.3, 0.4) is 0 Å². The molecule has 1 rings (SSSR count). The Labute approximate surface area is 146 Å². The molecular formula is C16H24F2N2O4S. The number of hydrogen-bond acceptors (Lipinski definition) is 4. The molecule has 0 aliphatic heterocycles. The summed E-state index contributed by atoms with van der Waals surface area (Å²) in [6.45, 7) is 0.968. The highest BCUT2D eigenvalue weighted by Crippen LogP contribution is 2.23. The minimum Gasteiger partial charge on any atom is -0.393 e. The van der Waals surface area contributed by atoms with E-state index in [1.165, 1.54) is 18.2 Å². The van der Waals surface area contributed by atoms with Gasteiger partial charge in [0, 0.05) is 0 Å². The van der Waals surface area contributed by atoms with Crippen molar-refractivity contribution in [2.45, 2.75) is 56.1 Å². The molecule has 0 spiro atoms. The number of sulfonamides is 1. The van der Waals surface area contributed by atoms with Crippen molar-refractivity contribution in [1.82, 2.24) is 0 Å². The van der Waals surface area contributed by atoms with Gasteiger partial charge in [0.25, 0.3) is 5.91 Å². The number of halogens is 2. The van der Waals surface area contributed by atoms with Crippen molar-refractivity contribution in [1.29, 1.82) is 0 Å². The van der Waals surface area contributed by atoms with Gasteiger partial charge in [-0.2, -0.15) is 0 Å². The van der Waals surface area contributed by atoms with Gasteiger partial charge in [-0.1, -0.05) is 12.1 Å². The Morgan fingerprint density at radius 3 is 2.52 bits per heavy atom. The van der Waals surface area contributed by atoms with Crippen LogP contribution in [0.25, 0.3) is 0 Å². The standard InChI is InChI=1S/C16H24F2N2O4S/c1-16(18,15(19)22)8-7-14(25(20,23)24)10-13(21)6-5-11-3-2-4-12(17)9-11/h2-4,9,13-14,21H,5-8,10H2,1H3,(H2,19,22)(H2,20,23,24)/t13-,14+,16?/m0/s1. The van der Waals surface area contributed by atoms with Crippen molar-refractivity contribution < 1.29 is 27.1 Å². The van der Waals surface area contributed by atoms with Crippen LogP contribution in [-0.2, 0) is 21.2 Å². The molecule has 0 aliphatic rings. The summed E-state index contributed by atoms with van der Waals surface area (Å²) in [5.74, 6) is -1.59. The van der Waals surface area contributed by atoms with Crippen molar-refractivity contribution in [3.05, 3.63) is 35.6 Å². The predicted octanol–water partition coefficient (Wildman–Crippen LogP) is 1.16. The summed E-state index contributed by atoms with van der Waals surface area (Å²) in [5.41, 5.74) is 3.23. The third-order valence-corrected chi connectivity index (χ3v) is 5.46. The third-order valence-electron chi connectivity index (χ3n) is 4.10. The maximum atomic E-state index is 13.9.